The van der Waals surface area contributed by atoms with Crippen molar-refractivity contribution in [3.05, 3.63) is 65.2 Å². The van der Waals surface area contributed by atoms with Crippen LogP contribution < -0.4 is 14.8 Å². The summed E-state index contributed by atoms with van der Waals surface area (Å²) in [5, 5.41) is 10.2. The fourth-order valence-corrected chi connectivity index (χ4v) is 4.48. The van der Waals surface area contributed by atoms with Gasteiger partial charge in [0.25, 0.3) is 15.9 Å². The summed E-state index contributed by atoms with van der Waals surface area (Å²) in [4.78, 5) is 12.4. The second-order valence-corrected chi connectivity index (χ2v) is 8.93. The topological polar surface area (TPSA) is 110 Å². The van der Waals surface area contributed by atoms with Crippen LogP contribution in [0.3, 0.4) is 0 Å². The maximum absolute atomic E-state index is 12.5. The van der Waals surface area contributed by atoms with Gasteiger partial charge in [-0.1, -0.05) is 47.7 Å². The van der Waals surface area contributed by atoms with Crippen molar-refractivity contribution in [3.63, 3.8) is 0 Å². The van der Waals surface area contributed by atoms with Crippen molar-refractivity contribution in [2.45, 2.75) is 24.7 Å². The molecule has 1 heterocycles. The number of anilines is 1. The molecule has 0 atom stereocenters. The monoisotopic (exact) mass is 432 g/mol. The van der Waals surface area contributed by atoms with Crippen molar-refractivity contribution in [2.24, 2.45) is 0 Å². The van der Waals surface area contributed by atoms with Crippen LogP contribution in [0.15, 0.2) is 52.9 Å². The lowest BCUT2D eigenvalue weighted by molar-refractivity contribution is 0.102. The summed E-state index contributed by atoms with van der Waals surface area (Å²) in [7, 11) is -3.89. The molecule has 10 heteroatoms. The summed E-state index contributed by atoms with van der Waals surface area (Å²) < 4.78 is 32.8. The molecule has 0 spiro atoms. The van der Waals surface area contributed by atoms with Gasteiger partial charge < -0.3 is 4.74 Å². The molecule has 0 saturated carbocycles. The zero-order valence-electron chi connectivity index (χ0n) is 15.9. The highest BCUT2D eigenvalue weighted by atomic mass is 32.2. The van der Waals surface area contributed by atoms with E-state index in [4.69, 9.17) is 4.74 Å². The van der Waals surface area contributed by atoms with Crippen LogP contribution in [0.5, 0.6) is 5.75 Å². The van der Waals surface area contributed by atoms with Crippen LogP contribution in [0.25, 0.3) is 0 Å². The smallest absolute Gasteiger partial charge is 0.270 e. The summed E-state index contributed by atoms with van der Waals surface area (Å²) in [6, 6.07) is 14.3. The largest absolute Gasteiger partial charge is 0.494 e. The molecule has 0 aliphatic carbocycles. The summed E-state index contributed by atoms with van der Waals surface area (Å²) in [5.74, 6) is 0.239. The summed E-state index contributed by atoms with van der Waals surface area (Å²) >= 11 is 0.782. The molecular formula is C19H20N4O4S2. The Morgan fingerprint density at radius 1 is 1.10 bits per heavy atom. The summed E-state index contributed by atoms with van der Waals surface area (Å²) in [6.07, 6.45) is 0. The third-order valence-electron chi connectivity index (χ3n) is 3.97. The standard InChI is InChI=1S/C19H20N4O4S2/c1-3-27-16-11-7-5-9-14(16)12-20-29(25,26)19-23-22-18(28-19)21-17(24)15-10-6-4-8-13(15)2/h4-11,20H,3,12H2,1-2H3,(H,21,22,24). The van der Waals surface area contributed by atoms with Crippen LogP contribution in [-0.4, -0.2) is 31.1 Å². The van der Waals surface area contributed by atoms with E-state index in [1.54, 1.807) is 30.3 Å². The van der Waals surface area contributed by atoms with E-state index in [2.05, 4.69) is 20.2 Å². The van der Waals surface area contributed by atoms with Gasteiger partial charge in [-0.25, -0.2) is 13.1 Å². The van der Waals surface area contributed by atoms with Crippen molar-refractivity contribution in [1.82, 2.24) is 14.9 Å². The van der Waals surface area contributed by atoms with Crippen molar-refractivity contribution < 1.29 is 17.9 Å². The Labute approximate surface area is 173 Å². The van der Waals surface area contributed by atoms with Gasteiger partial charge in [-0.15, -0.1) is 10.2 Å². The predicted molar refractivity (Wildman–Crippen MR) is 111 cm³/mol. The zero-order chi connectivity index (χ0) is 20.9. The summed E-state index contributed by atoms with van der Waals surface area (Å²) in [5.41, 5.74) is 1.99. The number of hydrogen-bond donors (Lipinski definition) is 2. The first-order chi connectivity index (χ1) is 13.9. The molecule has 3 aromatic rings. The van der Waals surface area contributed by atoms with E-state index in [9.17, 15) is 13.2 Å². The second-order valence-electron chi connectivity index (χ2n) is 6.01. The van der Waals surface area contributed by atoms with E-state index in [0.29, 0.717) is 23.5 Å². The van der Waals surface area contributed by atoms with Crippen molar-refractivity contribution in [3.8, 4) is 5.75 Å². The van der Waals surface area contributed by atoms with E-state index in [-0.39, 0.29) is 21.9 Å². The zero-order valence-corrected chi connectivity index (χ0v) is 17.5. The first kappa shape index (κ1) is 20.9. The number of para-hydroxylation sites is 1. The molecule has 8 nitrogen and oxygen atoms in total. The lowest BCUT2D eigenvalue weighted by Crippen LogP contribution is -2.23. The molecule has 3 rings (SSSR count). The quantitative estimate of drug-likeness (QED) is 0.530. The number of carbonyl (C=O) groups is 1. The Balaban J connectivity index is 1.69. The Morgan fingerprint density at radius 3 is 2.59 bits per heavy atom. The number of nitrogens with zero attached hydrogens (tertiary/aromatic N) is 2. The number of sulfonamides is 1. The molecule has 0 radical (unpaired) electrons. The average molecular weight is 433 g/mol. The number of aromatic nitrogens is 2. The van der Waals surface area contributed by atoms with E-state index in [0.717, 1.165) is 16.9 Å². The normalized spacial score (nSPS) is 11.2. The molecule has 2 N–H and O–H groups in total. The first-order valence-corrected chi connectivity index (χ1v) is 11.1. The summed E-state index contributed by atoms with van der Waals surface area (Å²) in [6.45, 7) is 4.19. The number of carbonyl (C=O) groups excluding carboxylic acids is 1. The lowest BCUT2D eigenvalue weighted by Gasteiger charge is -2.10. The number of nitrogens with one attached hydrogen (secondary N) is 2. The van der Waals surface area contributed by atoms with Gasteiger partial charge in [-0.2, -0.15) is 0 Å². The predicted octanol–water partition coefficient (Wildman–Crippen LogP) is 2.98. The lowest BCUT2D eigenvalue weighted by atomic mass is 10.1. The molecule has 0 bridgehead atoms. The van der Waals surface area contributed by atoms with E-state index < -0.39 is 10.0 Å². The molecule has 1 aromatic heterocycles. The van der Waals surface area contributed by atoms with Gasteiger partial charge >= 0.3 is 0 Å². The van der Waals surface area contributed by atoms with E-state index in [1.807, 2.05) is 32.0 Å². The van der Waals surface area contributed by atoms with Gasteiger partial charge in [0.2, 0.25) is 9.47 Å². The van der Waals surface area contributed by atoms with Gasteiger partial charge in [0.15, 0.2) is 0 Å². The van der Waals surface area contributed by atoms with E-state index >= 15 is 0 Å². The number of aryl methyl sites for hydroxylation is 1. The number of ether oxygens (including phenoxy) is 1. The average Bonchev–Trinajstić information content (AvgIpc) is 3.17. The van der Waals surface area contributed by atoms with Gasteiger partial charge in [-0.3, -0.25) is 10.1 Å². The molecule has 0 aliphatic rings. The minimum absolute atomic E-state index is 0.0446. The van der Waals surface area contributed by atoms with Gasteiger partial charge in [-0.05, 0) is 31.5 Å². The Kier molecular flexibility index (Phi) is 6.57. The van der Waals surface area contributed by atoms with Crippen molar-refractivity contribution in [1.29, 1.82) is 0 Å². The fraction of sp³-hybridized carbons (Fsp3) is 0.211. The van der Waals surface area contributed by atoms with Gasteiger partial charge in [0, 0.05) is 17.7 Å². The van der Waals surface area contributed by atoms with Crippen LogP contribution in [-0.2, 0) is 16.6 Å². The third kappa shape index (κ3) is 5.17. The molecule has 29 heavy (non-hydrogen) atoms. The molecule has 1 amide bonds. The Bertz CT molecular complexity index is 1110. The maximum Gasteiger partial charge on any atom is 0.270 e. The SMILES string of the molecule is CCOc1ccccc1CNS(=O)(=O)c1nnc(NC(=O)c2ccccc2C)s1. The maximum atomic E-state index is 12.5. The highest BCUT2D eigenvalue weighted by Crippen LogP contribution is 2.22. The second kappa shape index (κ2) is 9.12. The number of benzene rings is 2. The molecule has 2 aromatic carbocycles. The van der Waals surface area contributed by atoms with Crippen LogP contribution >= 0.6 is 11.3 Å². The molecule has 0 saturated heterocycles. The van der Waals surface area contributed by atoms with Crippen molar-refractivity contribution >= 4 is 32.4 Å². The number of hydrogen-bond acceptors (Lipinski definition) is 7. The Hall–Kier alpha value is -2.82. The van der Waals surface area contributed by atoms with Crippen LogP contribution in [0.4, 0.5) is 5.13 Å². The third-order valence-corrected chi connectivity index (χ3v) is 6.58. The molecular weight excluding hydrogens is 412 g/mol. The molecule has 0 aliphatic heterocycles. The van der Waals surface area contributed by atoms with Gasteiger partial charge in [0.1, 0.15) is 5.75 Å². The van der Waals surface area contributed by atoms with Crippen LogP contribution in [0, 0.1) is 6.92 Å². The minimum atomic E-state index is -3.89. The van der Waals surface area contributed by atoms with Crippen LogP contribution in [0.2, 0.25) is 0 Å². The fourth-order valence-electron chi connectivity index (χ4n) is 2.54. The molecule has 152 valence electrons. The number of amides is 1. The molecule has 0 unspecified atom stereocenters. The highest BCUT2D eigenvalue weighted by molar-refractivity contribution is 7.91. The van der Waals surface area contributed by atoms with Gasteiger partial charge in [0.05, 0.1) is 6.61 Å². The Morgan fingerprint density at radius 2 is 1.83 bits per heavy atom. The number of rotatable bonds is 8. The minimum Gasteiger partial charge on any atom is -0.494 e. The van der Waals surface area contributed by atoms with E-state index in [1.165, 1.54) is 0 Å². The van der Waals surface area contributed by atoms with Crippen LogP contribution in [0.1, 0.15) is 28.4 Å². The molecule has 0 fully saturated rings. The highest BCUT2D eigenvalue weighted by Gasteiger charge is 2.21. The van der Waals surface area contributed by atoms with Crippen molar-refractivity contribution in [2.75, 3.05) is 11.9 Å². The first-order valence-electron chi connectivity index (χ1n) is 8.81.